The first-order valence-corrected chi connectivity index (χ1v) is 7.62. The van der Waals surface area contributed by atoms with E-state index in [2.05, 4.69) is 10.6 Å². The van der Waals surface area contributed by atoms with Crippen LogP contribution < -0.4 is 10.6 Å². The molecule has 108 valence electrons. The second kappa shape index (κ2) is 6.65. The monoisotopic (exact) mass is 294 g/mol. The zero-order chi connectivity index (χ0) is 14.5. The van der Waals surface area contributed by atoms with Gasteiger partial charge in [0.25, 0.3) is 0 Å². The van der Waals surface area contributed by atoms with Gasteiger partial charge in [0, 0.05) is 11.8 Å². The zero-order valence-corrected chi connectivity index (χ0v) is 12.1. The molecule has 1 saturated heterocycles. The van der Waals surface area contributed by atoms with Crippen LogP contribution in [0, 0.1) is 6.92 Å². The lowest BCUT2D eigenvalue weighted by molar-refractivity contribution is 0.0697. The Morgan fingerprint density at radius 1 is 1.45 bits per heavy atom. The van der Waals surface area contributed by atoms with Crippen molar-refractivity contribution < 1.29 is 14.7 Å². The molecule has 1 aliphatic heterocycles. The first kappa shape index (κ1) is 14.7. The first-order chi connectivity index (χ1) is 9.58. The minimum Gasteiger partial charge on any atom is -0.478 e. The number of aryl methyl sites for hydroxylation is 1. The van der Waals surface area contributed by atoms with E-state index in [0.29, 0.717) is 23.0 Å². The van der Waals surface area contributed by atoms with Crippen LogP contribution in [0.3, 0.4) is 0 Å². The van der Waals surface area contributed by atoms with Gasteiger partial charge in [0.05, 0.1) is 11.3 Å². The number of hydrogen-bond donors (Lipinski definition) is 3. The molecule has 5 nitrogen and oxygen atoms in total. The molecule has 1 aromatic rings. The Kier molecular flexibility index (Phi) is 4.89. The molecule has 1 aliphatic rings. The van der Waals surface area contributed by atoms with Gasteiger partial charge in [-0.2, -0.15) is 11.8 Å². The van der Waals surface area contributed by atoms with Gasteiger partial charge in [-0.25, -0.2) is 9.59 Å². The normalized spacial score (nSPS) is 17.8. The van der Waals surface area contributed by atoms with Gasteiger partial charge in [-0.1, -0.05) is 12.1 Å². The Morgan fingerprint density at radius 3 is 2.90 bits per heavy atom. The lowest BCUT2D eigenvalue weighted by Gasteiger charge is -2.13. The smallest absolute Gasteiger partial charge is 0.338 e. The van der Waals surface area contributed by atoms with Crippen LogP contribution in [0.4, 0.5) is 10.5 Å². The van der Waals surface area contributed by atoms with Gasteiger partial charge in [0.2, 0.25) is 0 Å². The Balaban J connectivity index is 1.96. The fraction of sp³-hybridized carbons (Fsp3) is 0.429. The number of carbonyl (C=O) groups is 2. The highest BCUT2D eigenvalue weighted by Crippen LogP contribution is 2.25. The van der Waals surface area contributed by atoms with Crippen LogP contribution in [0.15, 0.2) is 18.2 Å². The summed E-state index contributed by atoms with van der Waals surface area (Å²) in [6.45, 7) is 2.33. The fourth-order valence-electron chi connectivity index (χ4n) is 2.23. The number of hydrogen-bond acceptors (Lipinski definition) is 3. The van der Waals surface area contributed by atoms with Gasteiger partial charge >= 0.3 is 12.0 Å². The van der Waals surface area contributed by atoms with E-state index in [1.54, 1.807) is 25.1 Å². The molecule has 1 heterocycles. The SMILES string of the molecule is Cc1cccc(NC(=O)NCC2CCCS2)c1C(=O)O. The Hall–Kier alpha value is -1.69. The number of rotatable bonds is 4. The minimum atomic E-state index is -1.04. The van der Waals surface area contributed by atoms with Crippen LogP contribution in [0.2, 0.25) is 0 Å². The number of urea groups is 1. The third-order valence-corrected chi connectivity index (χ3v) is 4.65. The van der Waals surface area contributed by atoms with Crippen molar-refractivity contribution in [1.29, 1.82) is 0 Å². The molecular weight excluding hydrogens is 276 g/mol. The standard InChI is InChI=1S/C14H18N2O3S/c1-9-4-2-6-11(12(9)13(17)18)16-14(19)15-8-10-5-3-7-20-10/h2,4,6,10H,3,5,7-8H2,1H3,(H,17,18)(H2,15,16,19). The van der Waals surface area contributed by atoms with Gasteiger partial charge in [-0.05, 0) is 37.1 Å². The van der Waals surface area contributed by atoms with Crippen molar-refractivity contribution in [3.8, 4) is 0 Å². The van der Waals surface area contributed by atoms with E-state index in [1.807, 2.05) is 11.8 Å². The largest absolute Gasteiger partial charge is 0.478 e. The number of aromatic carboxylic acids is 1. The van der Waals surface area contributed by atoms with E-state index in [9.17, 15) is 14.7 Å². The predicted molar refractivity (Wildman–Crippen MR) is 80.6 cm³/mol. The Morgan fingerprint density at radius 2 is 2.25 bits per heavy atom. The molecule has 1 unspecified atom stereocenters. The third-order valence-electron chi connectivity index (χ3n) is 3.25. The van der Waals surface area contributed by atoms with Crippen LogP contribution in [0.5, 0.6) is 0 Å². The van der Waals surface area contributed by atoms with E-state index in [0.717, 1.165) is 12.2 Å². The number of carboxylic acids is 1. The second-order valence-corrected chi connectivity index (χ2v) is 6.18. The van der Waals surface area contributed by atoms with Crippen molar-refractivity contribution in [3.05, 3.63) is 29.3 Å². The molecule has 20 heavy (non-hydrogen) atoms. The van der Waals surface area contributed by atoms with Gasteiger partial charge < -0.3 is 15.7 Å². The lowest BCUT2D eigenvalue weighted by Crippen LogP contribution is -2.34. The summed E-state index contributed by atoms with van der Waals surface area (Å²) in [5, 5.41) is 15.1. The average Bonchev–Trinajstić information content (AvgIpc) is 2.89. The zero-order valence-electron chi connectivity index (χ0n) is 11.3. The van der Waals surface area contributed by atoms with Crippen molar-refractivity contribution in [3.63, 3.8) is 0 Å². The van der Waals surface area contributed by atoms with Crippen molar-refractivity contribution in [2.75, 3.05) is 17.6 Å². The maximum atomic E-state index is 11.8. The molecule has 2 rings (SSSR count). The number of anilines is 1. The van der Waals surface area contributed by atoms with E-state index in [-0.39, 0.29) is 11.6 Å². The minimum absolute atomic E-state index is 0.137. The quantitative estimate of drug-likeness (QED) is 0.798. The first-order valence-electron chi connectivity index (χ1n) is 6.57. The number of carbonyl (C=O) groups excluding carboxylic acids is 1. The lowest BCUT2D eigenvalue weighted by atomic mass is 10.1. The molecule has 0 saturated carbocycles. The fourth-order valence-corrected chi connectivity index (χ4v) is 3.44. The summed E-state index contributed by atoms with van der Waals surface area (Å²) >= 11 is 1.86. The molecule has 2 amide bonds. The summed E-state index contributed by atoms with van der Waals surface area (Å²) in [4.78, 5) is 23.0. The van der Waals surface area contributed by atoms with Crippen molar-refractivity contribution in [1.82, 2.24) is 5.32 Å². The average molecular weight is 294 g/mol. The molecule has 3 N–H and O–H groups in total. The summed E-state index contributed by atoms with van der Waals surface area (Å²) in [5.41, 5.74) is 1.09. The number of nitrogens with one attached hydrogen (secondary N) is 2. The molecule has 1 fully saturated rings. The molecule has 1 aromatic carbocycles. The molecule has 0 spiro atoms. The number of thioether (sulfide) groups is 1. The summed E-state index contributed by atoms with van der Waals surface area (Å²) in [7, 11) is 0. The van der Waals surface area contributed by atoms with Gasteiger partial charge in [0.1, 0.15) is 0 Å². The van der Waals surface area contributed by atoms with E-state index >= 15 is 0 Å². The molecule has 0 bridgehead atoms. The van der Waals surface area contributed by atoms with Crippen LogP contribution in [0.1, 0.15) is 28.8 Å². The Labute approximate surface area is 122 Å². The molecule has 0 aromatic heterocycles. The summed E-state index contributed by atoms with van der Waals surface area (Å²) < 4.78 is 0. The summed E-state index contributed by atoms with van der Waals surface area (Å²) in [6, 6.07) is 4.68. The Bertz CT molecular complexity index is 513. The van der Waals surface area contributed by atoms with E-state index in [1.165, 1.54) is 6.42 Å². The van der Waals surface area contributed by atoms with Crippen LogP contribution in [0.25, 0.3) is 0 Å². The van der Waals surface area contributed by atoms with Gasteiger partial charge in [0.15, 0.2) is 0 Å². The van der Waals surface area contributed by atoms with Crippen LogP contribution in [-0.2, 0) is 0 Å². The van der Waals surface area contributed by atoms with Crippen molar-refractivity contribution >= 4 is 29.4 Å². The van der Waals surface area contributed by atoms with E-state index < -0.39 is 5.97 Å². The highest BCUT2D eigenvalue weighted by Gasteiger charge is 2.18. The highest BCUT2D eigenvalue weighted by atomic mass is 32.2. The highest BCUT2D eigenvalue weighted by molar-refractivity contribution is 8.00. The maximum Gasteiger partial charge on any atom is 0.338 e. The van der Waals surface area contributed by atoms with E-state index in [4.69, 9.17) is 0 Å². The molecular formula is C14H18N2O3S. The number of benzene rings is 1. The summed E-state index contributed by atoms with van der Waals surface area (Å²) in [6.07, 6.45) is 2.31. The van der Waals surface area contributed by atoms with Gasteiger partial charge in [-0.3, -0.25) is 0 Å². The molecule has 0 radical (unpaired) electrons. The molecule has 1 atom stereocenters. The number of amides is 2. The van der Waals surface area contributed by atoms with Gasteiger partial charge in [-0.15, -0.1) is 0 Å². The van der Waals surface area contributed by atoms with Crippen molar-refractivity contribution in [2.24, 2.45) is 0 Å². The molecule has 0 aliphatic carbocycles. The predicted octanol–water partition coefficient (Wildman–Crippen LogP) is 2.71. The summed E-state index contributed by atoms with van der Waals surface area (Å²) in [5.74, 6) is 0.111. The van der Waals surface area contributed by atoms with Crippen molar-refractivity contribution in [2.45, 2.75) is 25.0 Å². The topological polar surface area (TPSA) is 78.4 Å². The second-order valence-electron chi connectivity index (χ2n) is 4.77. The molecule has 6 heteroatoms. The van der Waals surface area contributed by atoms with Crippen LogP contribution >= 0.6 is 11.8 Å². The van der Waals surface area contributed by atoms with Crippen LogP contribution in [-0.4, -0.2) is 34.7 Å². The third kappa shape index (κ3) is 3.66. The maximum absolute atomic E-state index is 11.8. The number of carboxylic acid groups (broad SMARTS) is 1.